The second-order valence-electron chi connectivity index (χ2n) is 5.34. The highest BCUT2D eigenvalue weighted by molar-refractivity contribution is 5.87. The van der Waals surface area contributed by atoms with Gasteiger partial charge >= 0.3 is 0 Å². The van der Waals surface area contributed by atoms with Crippen molar-refractivity contribution in [3.8, 4) is 5.75 Å². The molecule has 0 radical (unpaired) electrons. The number of hydrogen-bond donors (Lipinski definition) is 5. The number of H-pyrrole nitrogens is 1. The Kier molecular flexibility index (Phi) is 5.72. The predicted octanol–water partition coefficient (Wildman–Crippen LogP) is 0.383. The molecule has 7 heteroatoms. The molecule has 1 aromatic heterocycles. The zero-order valence-corrected chi connectivity index (χ0v) is 12.9. The number of rotatable bonds is 7. The van der Waals surface area contributed by atoms with Crippen molar-refractivity contribution in [2.45, 2.75) is 19.4 Å². The van der Waals surface area contributed by atoms with E-state index >= 15 is 0 Å². The fourth-order valence-corrected chi connectivity index (χ4v) is 2.38. The van der Waals surface area contributed by atoms with Crippen molar-refractivity contribution < 1.29 is 15.0 Å². The Hall–Kier alpha value is -2.38. The third-order valence-corrected chi connectivity index (χ3v) is 3.51. The van der Waals surface area contributed by atoms with Crippen LogP contribution in [0, 0.1) is 0 Å². The number of pyridine rings is 1. The van der Waals surface area contributed by atoms with E-state index in [2.05, 4.69) is 15.6 Å². The van der Waals surface area contributed by atoms with Crippen LogP contribution in [-0.4, -0.2) is 40.7 Å². The zero-order chi connectivity index (χ0) is 16.8. The zero-order valence-electron chi connectivity index (χ0n) is 12.9. The van der Waals surface area contributed by atoms with Gasteiger partial charge < -0.3 is 25.8 Å². The van der Waals surface area contributed by atoms with E-state index in [9.17, 15) is 19.8 Å². The maximum atomic E-state index is 11.4. The molecule has 2 aromatic rings. The first kappa shape index (κ1) is 17.0. The number of phenols is 1. The van der Waals surface area contributed by atoms with Gasteiger partial charge in [0.2, 0.25) is 11.5 Å². The number of aliphatic hydroxyl groups is 1. The maximum absolute atomic E-state index is 11.4. The highest BCUT2D eigenvalue weighted by Crippen LogP contribution is 2.28. The van der Waals surface area contributed by atoms with Crippen LogP contribution < -0.4 is 16.2 Å². The molecule has 0 bridgehead atoms. The minimum atomic E-state index is -0.773. The first-order chi connectivity index (χ1) is 11.0. The van der Waals surface area contributed by atoms with Gasteiger partial charge in [-0.05, 0) is 30.7 Å². The van der Waals surface area contributed by atoms with E-state index in [0.29, 0.717) is 36.1 Å². The second kappa shape index (κ2) is 7.75. The van der Waals surface area contributed by atoms with E-state index in [1.165, 1.54) is 19.1 Å². The van der Waals surface area contributed by atoms with Crippen LogP contribution in [0.5, 0.6) is 5.75 Å². The van der Waals surface area contributed by atoms with Gasteiger partial charge in [0, 0.05) is 31.5 Å². The van der Waals surface area contributed by atoms with E-state index in [1.54, 1.807) is 12.1 Å². The van der Waals surface area contributed by atoms with Crippen LogP contribution in [0.1, 0.15) is 25.0 Å². The fraction of sp³-hybridized carbons (Fsp3) is 0.375. The molecule has 0 saturated heterocycles. The van der Waals surface area contributed by atoms with E-state index < -0.39 is 6.10 Å². The minimum absolute atomic E-state index is 0.0306. The third kappa shape index (κ3) is 4.54. The molecule has 0 fully saturated rings. The number of carbonyl (C=O) groups is 1. The van der Waals surface area contributed by atoms with Gasteiger partial charge in [-0.2, -0.15) is 0 Å². The monoisotopic (exact) mass is 319 g/mol. The lowest BCUT2D eigenvalue weighted by Crippen LogP contribution is -2.27. The highest BCUT2D eigenvalue weighted by Gasteiger charge is 2.13. The van der Waals surface area contributed by atoms with E-state index in [4.69, 9.17) is 0 Å². The number of aliphatic hydroxyl groups excluding tert-OH is 1. The number of phenolic OH excluding ortho intramolecular Hbond substituents is 1. The van der Waals surface area contributed by atoms with E-state index in [1.807, 2.05) is 0 Å². The summed E-state index contributed by atoms with van der Waals surface area (Å²) in [4.78, 5) is 24.7. The van der Waals surface area contributed by atoms with Gasteiger partial charge in [0.1, 0.15) is 5.75 Å². The molecule has 5 N–H and O–H groups in total. The molecule has 0 aliphatic carbocycles. The minimum Gasteiger partial charge on any atom is -0.506 e. The van der Waals surface area contributed by atoms with Crippen LogP contribution in [0.15, 0.2) is 29.1 Å². The number of benzene rings is 1. The molecule has 1 heterocycles. The van der Waals surface area contributed by atoms with Gasteiger partial charge in [0.05, 0.1) is 11.6 Å². The van der Waals surface area contributed by atoms with Gasteiger partial charge in [-0.3, -0.25) is 9.59 Å². The van der Waals surface area contributed by atoms with Gasteiger partial charge in [-0.25, -0.2) is 0 Å². The highest BCUT2D eigenvalue weighted by atomic mass is 16.3. The molecule has 0 aliphatic heterocycles. The average molecular weight is 319 g/mol. The van der Waals surface area contributed by atoms with Crippen molar-refractivity contribution in [1.82, 2.24) is 15.6 Å². The summed E-state index contributed by atoms with van der Waals surface area (Å²) >= 11 is 0. The summed E-state index contributed by atoms with van der Waals surface area (Å²) in [6.07, 6.45) is -0.0135. The third-order valence-electron chi connectivity index (χ3n) is 3.51. The molecular formula is C16H21N3O4. The molecule has 0 spiro atoms. The van der Waals surface area contributed by atoms with Crippen molar-refractivity contribution in [3.63, 3.8) is 0 Å². The second-order valence-corrected chi connectivity index (χ2v) is 5.34. The van der Waals surface area contributed by atoms with Crippen LogP contribution in [0.25, 0.3) is 10.9 Å². The first-order valence-corrected chi connectivity index (χ1v) is 7.47. The summed E-state index contributed by atoms with van der Waals surface area (Å²) in [6.45, 7) is 3.04. The van der Waals surface area contributed by atoms with Crippen LogP contribution in [0.3, 0.4) is 0 Å². The lowest BCUT2D eigenvalue weighted by Gasteiger charge is -2.15. The summed E-state index contributed by atoms with van der Waals surface area (Å²) in [5.41, 5.74) is 0.638. The maximum Gasteiger partial charge on any atom is 0.248 e. The van der Waals surface area contributed by atoms with E-state index in [-0.39, 0.29) is 17.2 Å². The summed E-state index contributed by atoms with van der Waals surface area (Å²) in [5, 5.41) is 26.6. The Morgan fingerprint density at radius 1 is 1.26 bits per heavy atom. The molecule has 7 nitrogen and oxygen atoms in total. The molecule has 0 unspecified atom stereocenters. The van der Waals surface area contributed by atoms with Crippen molar-refractivity contribution in [2.75, 3.05) is 19.6 Å². The van der Waals surface area contributed by atoms with E-state index in [0.717, 1.165) is 6.42 Å². The van der Waals surface area contributed by atoms with Crippen LogP contribution in [0.2, 0.25) is 0 Å². The smallest absolute Gasteiger partial charge is 0.248 e. The molecule has 1 atom stereocenters. The lowest BCUT2D eigenvalue weighted by atomic mass is 10.0. The number of hydrogen-bond acceptors (Lipinski definition) is 5. The standard InChI is InChI=1S/C16H21N3O4/c1-10(20)18-8-2-7-17-9-14(22)11-3-5-13(21)16-12(11)4-6-15(23)19-16/h3-6,14,17,21-22H,2,7-9H2,1H3,(H,18,20)(H,19,23)/t14-/m0/s1. The Labute approximate surface area is 133 Å². The molecule has 23 heavy (non-hydrogen) atoms. The molecule has 0 saturated carbocycles. The Morgan fingerprint density at radius 3 is 2.78 bits per heavy atom. The Balaban J connectivity index is 1.98. The first-order valence-electron chi connectivity index (χ1n) is 7.47. The fourth-order valence-electron chi connectivity index (χ4n) is 2.38. The largest absolute Gasteiger partial charge is 0.506 e. The van der Waals surface area contributed by atoms with Crippen molar-refractivity contribution in [3.05, 3.63) is 40.2 Å². The molecule has 2 rings (SSSR count). The predicted molar refractivity (Wildman–Crippen MR) is 87.4 cm³/mol. The molecule has 1 aromatic carbocycles. The molecular weight excluding hydrogens is 298 g/mol. The average Bonchev–Trinajstić information content (AvgIpc) is 2.51. The normalized spacial score (nSPS) is 12.3. The van der Waals surface area contributed by atoms with Gasteiger partial charge in [-0.15, -0.1) is 0 Å². The topological polar surface area (TPSA) is 114 Å². The number of aromatic nitrogens is 1. The van der Waals surface area contributed by atoms with Crippen LogP contribution in [0.4, 0.5) is 0 Å². The number of aromatic hydroxyl groups is 1. The van der Waals surface area contributed by atoms with Crippen LogP contribution >= 0.6 is 0 Å². The number of carbonyl (C=O) groups excluding carboxylic acids is 1. The van der Waals surface area contributed by atoms with Crippen LogP contribution in [-0.2, 0) is 4.79 Å². The Bertz CT molecular complexity index is 742. The summed E-state index contributed by atoms with van der Waals surface area (Å²) < 4.78 is 0. The van der Waals surface area contributed by atoms with Gasteiger partial charge in [0.25, 0.3) is 0 Å². The van der Waals surface area contributed by atoms with Crippen molar-refractivity contribution in [2.24, 2.45) is 0 Å². The number of nitrogens with one attached hydrogen (secondary N) is 3. The van der Waals surface area contributed by atoms with Crippen molar-refractivity contribution >= 4 is 16.8 Å². The summed E-state index contributed by atoms with van der Waals surface area (Å²) in [7, 11) is 0. The molecule has 0 aliphatic rings. The van der Waals surface area contributed by atoms with Crippen molar-refractivity contribution in [1.29, 1.82) is 0 Å². The SMILES string of the molecule is CC(=O)NCCCNC[C@H](O)c1ccc(O)c2[nH]c(=O)ccc12. The molecule has 124 valence electrons. The lowest BCUT2D eigenvalue weighted by molar-refractivity contribution is -0.118. The Morgan fingerprint density at radius 2 is 2.04 bits per heavy atom. The van der Waals surface area contributed by atoms with Gasteiger partial charge in [0.15, 0.2) is 0 Å². The van der Waals surface area contributed by atoms with Gasteiger partial charge in [-0.1, -0.05) is 6.07 Å². The summed E-state index contributed by atoms with van der Waals surface area (Å²) in [5.74, 6) is -0.0912. The quantitative estimate of drug-likeness (QED) is 0.473. The molecule has 1 amide bonds. The number of fused-ring (bicyclic) bond motifs is 1. The number of aromatic amines is 1. The summed E-state index contributed by atoms with van der Waals surface area (Å²) in [6, 6.07) is 6.04. The number of amides is 1.